The van der Waals surface area contributed by atoms with Gasteiger partial charge >= 0.3 is 6.18 Å². The average molecular weight is 374 g/mol. The van der Waals surface area contributed by atoms with E-state index in [-0.39, 0.29) is 11.8 Å². The van der Waals surface area contributed by atoms with Gasteiger partial charge in [0.05, 0.1) is 0 Å². The van der Waals surface area contributed by atoms with Crippen LogP contribution in [0.2, 0.25) is 5.02 Å². The van der Waals surface area contributed by atoms with E-state index in [1.54, 1.807) is 24.3 Å². The van der Waals surface area contributed by atoms with Gasteiger partial charge in [0.2, 0.25) is 5.95 Å². The highest BCUT2D eigenvalue weighted by molar-refractivity contribution is 6.30. The van der Waals surface area contributed by atoms with Gasteiger partial charge in [-0.2, -0.15) is 18.2 Å². The molecule has 25 heavy (non-hydrogen) atoms. The third-order valence-electron chi connectivity index (χ3n) is 3.18. The number of rotatable bonds is 7. The minimum absolute atomic E-state index is 0.0414. The maximum Gasteiger partial charge on any atom is 0.433 e. The number of hydrogen-bond donors (Lipinski definition) is 2. The number of nitrogens with zero attached hydrogens (tertiary/aromatic N) is 3. The van der Waals surface area contributed by atoms with E-state index in [1.165, 1.54) is 0 Å². The number of nitrogens with one attached hydrogen (secondary N) is 2. The molecule has 0 fully saturated rings. The third-order valence-corrected chi connectivity index (χ3v) is 3.41. The van der Waals surface area contributed by atoms with Crippen LogP contribution in [0, 0.1) is 0 Å². The summed E-state index contributed by atoms with van der Waals surface area (Å²) in [7, 11) is 3.85. The molecule has 2 N–H and O–H groups in total. The summed E-state index contributed by atoms with van der Waals surface area (Å²) < 4.78 is 39.2. The third kappa shape index (κ3) is 6.39. The van der Waals surface area contributed by atoms with Crippen LogP contribution in [0.1, 0.15) is 12.1 Å². The Hall–Kier alpha value is -2.06. The lowest BCUT2D eigenvalue weighted by Gasteiger charge is -2.14. The van der Waals surface area contributed by atoms with Gasteiger partial charge in [-0.3, -0.25) is 0 Å². The van der Waals surface area contributed by atoms with Crippen LogP contribution >= 0.6 is 11.6 Å². The molecule has 0 aliphatic rings. The summed E-state index contributed by atoms with van der Waals surface area (Å²) in [5.74, 6) is -0.0298. The standard InChI is InChI=1S/C16H19ClF3N5/c1-25(2)8-4-7-21-15-23-13(16(18,19)20)10-14(24-15)22-12-6-3-5-11(17)9-12/h3,5-6,9-10H,4,7-8H2,1-2H3,(H2,21,22,23,24). The minimum atomic E-state index is -4.56. The summed E-state index contributed by atoms with van der Waals surface area (Å²) in [5.41, 5.74) is -0.472. The lowest BCUT2D eigenvalue weighted by Crippen LogP contribution is -2.18. The Morgan fingerprint density at radius 3 is 2.56 bits per heavy atom. The maximum atomic E-state index is 13.1. The van der Waals surface area contributed by atoms with Crippen molar-refractivity contribution in [2.75, 3.05) is 37.8 Å². The van der Waals surface area contributed by atoms with Crippen molar-refractivity contribution in [2.24, 2.45) is 0 Å². The molecule has 5 nitrogen and oxygen atoms in total. The van der Waals surface area contributed by atoms with Crippen molar-refractivity contribution in [3.8, 4) is 0 Å². The van der Waals surface area contributed by atoms with Gasteiger partial charge in [0.1, 0.15) is 5.82 Å². The van der Waals surface area contributed by atoms with E-state index >= 15 is 0 Å². The fourth-order valence-corrected chi connectivity index (χ4v) is 2.24. The van der Waals surface area contributed by atoms with E-state index < -0.39 is 11.9 Å². The molecule has 2 rings (SSSR count). The van der Waals surface area contributed by atoms with Gasteiger partial charge in [-0.1, -0.05) is 17.7 Å². The second kappa shape index (κ2) is 8.35. The average Bonchev–Trinajstić information content (AvgIpc) is 2.50. The highest BCUT2D eigenvalue weighted by Crippen LogP contribution is 2.30. The first-order chi connectivity index (χ1) is 11.7. The number of anilines is 3. The molecule has 0 saturated heterocycles. The van der Waals surface area contributed by atoms with Crippen molar-refractivity contribution in [3.05, 3.63) is 41.0 Å². The summed E-state index contributed by atoms with van der Waals surface area (Å²) >= 11 is 5.89. The van der Waals surface area contributed by atoms with Crippen LogP contribution in [-0.4, -0.2) is 42.1 Å². The molecule has 136 valence electrons. The van der Waals surface area contributed by atoms with Crippen LogP contribution in [0.5, 0.6) is 0 Å². The molecule has 0 amide bonds. The Kier molecular flexibility index (Phi) is 6.44. The van der Waals surface area contributed by atoms with Crippen LogP contribution in [0.25, 0.3) is 0 Å². The fourth-order valence-electron chi connectivity index (χ4n) is 2.05. The van der Waals surface area contributed by atoms with Crippen molar-refractivity contribution in [1.29, 1.82) is 0 Å². The van der Waals surface area contributed by atoms with Gasteiger partial charge in [-0.05, 0) is 45.3 Å². The lowest BCUT2D eigenvalue weighted by atomic mass is 10.3. The number of hydrogen-bond acceptors (Lipinski definition) is 5. The van der Waals surface area contributed by atoms with Crippen molar-refractivity contribution in [1.82, 2.24) is 14.9 Å². The van der Waals surface area contributed by atoms with Gasteiger partial charge in [0.15, 0.2) is 5.69 Å². The molecule has 1 aromatic heterocycles. The highest BCUT2D eigenvalue weighted by atomic mass is 35.5. The molecular weight excluding hydrogens is 355 g/mol. The molecule has 0 radical (unpaired) electrons. The normalized spacial score (nSPS) is 11.6. The zero-order valence-corrected chi connectivity index (χ0v) is 14.6. The van der Waals surface area contributed by atoms with Crippen LogP contribution < -0.4 is 10.6 Å². The quantitative estimate of drug-likeness (QED) is 0.710. The Morgan fingerprint density at radius 1 is 1.16 bits per heavy atom. The first-order valence-electron chi connectivity index (χ1n) is 7.61. The first kappa shape index (κ1) is 19.3. The van der Waals surface area contributed by atoms with E-state index in [0.717, 1.165) is 19.0 Å². The Morgan fingerprint density at radius 2 is 1.92 bits per heavy atom. The van der Waals surface area contributed by atoms with Gasteiger partial charge in [0.25, 0.3) is 0 Å². The summed E-state index contributed by atoms with van der Waals surface area (Å²) in [4.78, 5) is 9.64. The van der Waals surface area contributed by atoms with E-state index in [2.05, 4.69) is 20.6 Å². The van der Waals surface area contributed by atoms with Crippen molar-refractivity contribution >= 4 is 29.1 Å². The molecule has 0 atom stereocenters. The Bertz CT molecular complexity index is 706. The minimum Gasteiger partial charge on any atom is -0.354 e. The Labute approximate surface area is 149 Å². The monoisotopic (exact) mass is 373 g/mol. The van der Waals surface area contributed by atoms with Crippen LogP contribution in [-0.2, 0) is 6.18 Å². The van der Waals surface area contributed by atoms with E-state index in [1.807, 2.05) is 19.0 Å². The topological polar surface area (TPSA) is 53.1 Å². The van der Waals surface area contributed by atoms with Gasteiger partial charge in [0, 0.05) is 23.3 Å². The molecule has 0 bridgehead atoms. The highest BCUT2D eigenvalue weighted by Gasteiger charge is 2.33. The summed E-state index contributed by atoms with van der Waals surface area (Å²) in [5, 5.41) is 6.13. The SMILES string of the molecule is CN(C)CCCNc1nc(Nc2cccc(Cl)c2)cc(C(F)(F)F)n1. The van der Waals surface area contributed by atoms with Crippen LogP contribution in [0.3, 0.4) is 0 Å². The number of alkyl halides is 3. The first-order valence-corrected chi connectivity index (χ1v) is 7.99. The molecule has 2 aromatic rings. The van der Waals surface area contributed by atoms with Crippen molar-refractivity contribution in [3.63, 3.8) is 0 Å². The molecule has 0 aliphatic carbocycles. The Balaban J connectivity index is 2.18. The molecule has 0 saturated carbocycles. The number of benzene rings is 1. The largest absolute Gasteiger partial charge is 0.433 e. The van der Waals surface area contributed by atoms with Crippen LogP contribution in [0.15, 0.2) is 30.3 Å². The molecule has 0 spiro atoms. The predicted octanol–water partition coefficient (Wildman–Crippen LogP) is 4.26. The second-order valence-corrected chi connectivity index (χ2v) is 6.12. The fraction of sp³-hybridized carbons (Fsp3) is 0.375. The summed E-state index contributed by atoms with van der Waals surface area (Å²) in [6, 6.07) is 7.51. The predicted molar refractivity (Wildman–Crippen MR) is 93.4 cm³/mol. The maximum absolute atomic E-state index is 13.1. The van der Waals surface area contributed by atoms with E-state index in [9.17, 15) is 13.2 Å². The number of aromatic nitrogens is 2. The molecule has 0 unspecified atom stereocenters. The van der Waals surface area contributed by atoms with Gasteiger partial charge < -0.3 is 15.5 Å². The molecular formula is C16H19ClF3N5. The second-order valence-electron chi connectivity index (χ2n) is 5.68. The summed E-state index contributed by atoms with van der Waals surface area (Å²) in [6.45, 7) is 1.27. The number of halogens is 4. The molecule has 1 heterocycles. The molecule has 0 aliphatic heterocycles. The lowest BCUT2D eigenvalue weighted by molar-refractivity contribution is -0.141. The smallest absolute Gasteiger partial charge is 0.354 e. The van der Waals surface area contributed by atoms with E-state index in [0.29, 0.717) is 17.3 Å². The van der Waals surface area contributed by atoms with Crippen molar-refractivity contribution < 1.29 is 13.2 Å². The zero-order valence-electron chi connectivity index (χ0n) is 13.9. The van der Waals surface area contributed by atoms with Gasteiger partial charge in [-0.25, -0.2) is 4.98 Å². The molecule has 1 aromatic carbocycles. The molecule has 9 heteroatoms. The van der Waals surface area contributed by atoms with E-state index in [4.69, 9.17) is 11.6 Å². The van der Waals surface area contributed by atoms with Crippen molar-refractivity contribution in [2.45, 2.75) is 12.6 Å². The summed E-state index contributed by atoms with van der Waals surface area (Å²) in [6.07, 6.45) is -3.81. The van der Waals surface area contributed by atoms with Crippen LogP contribution in [0.4, 0.5) is 30.6 Å². The van der Waals surface area contributed by atoms with Gasteiger partial charge in [-0.15, -0.1) is 0 Å². The zero-order chi connectivity index (χ0) is 18.4.